The summed E-state index contributed by atoms with van der Waals surface area (Å²) in [7, 11) is 0. The van der Waals surface area contributed by atoms with Crippen LogP contribution in [0.3, 0.4) is 0 Å². The highest BCUT2D eigenvalue weighted by atomic mass is 32.2. The Kier molecular flexibility index (Phi) is 6.18. The predicted molar refractivity (Wildman–Crippen MR) is 144 cm³/mol. The van der Waals surface area contributed by atoms with Crippen LogP contribution < -0.4 is 10.5 Å². The van der Waals surface area contributed by atoms with Gasteiger partial charge < -0.3 is 15.4 Å². The second-order valence-electron chi connectivity index (χ2n) is 10.3. The summed E-state index contributed by atoms with van der Waals surface area (Å²) in [5.74, 6) is 0.593. The molecule has 4 heterocycles. The van der Waals surface area contributed by atoms with E-state index in [1.54, 1.807) is 19.1 Å². The number of amidine groups is 1. The van der Waals surface area contributed by atoms with Gasteiger partial charge >= 0.3 is 0 Å². The van der Waals surface area contributed by atoms with Crippen molar-refractivity contribution in [1.29, 1.82) is 0 Å². The number of nitrogens with zero attached hydrogens (tertiary/aromatic N) is 5. The molecule has 0 spiro atoms. The number of likely N-dealkylation sites (tertiary alicyclic amines) is 1. The van der Waals surface area contributed by atoms with Crippen molar-refractivity contribution in [3.05, 3.63) is 59.2 Å². The van der Waals surface area contributed by atoms with Crippen LogP contribution in [0.2, 0.25) is 0 Å². The lowest BCUT2D eigenvalue weighted by Gasteiger charge is -2.35. The molecular weight excluding hydrogens is 522 g/mol. The lowest BCUT2D eigenvalue weighted by molar-refractivity contribution is -0.130. The molecular formula is C28H26F2N6O2S. The Hall–Kier alpha value is -3.78. The van der Waals surface area contributed by atoms with Gasteiger partial charge in [0.15, 0.2) is 16.8 Å². The van der Waals surface area contributed by atoms with Crippen molar-refractivity contribution < 1.29 is 18.3 Å². The lowest BCUT2D eigenvalue weighted by atomic mass is 9.84. The molecule has 2 N–H and O–H groups in total. The number of terminal acetylenes is 1. The van der Waals surface area contributed by atoms with Crippen LogP contribution in [0.1, 0.15) is 43.0 Å². The first-order chi connectivity index (χ1) is 18.7. The lowest BCUT2D eigenvalue weighted by Crippen LogP contribution is -2.45. The second kappa shape index (κ2) is 9.45. The number of amides is 1. The average Bonchev–Trinajstić information content (AvgIpc) is 3.42. The highest BCUT2D eigenvalue weighted by Crippen LogP contribution is 2.66. The molecule has 1 saturated carbocycles. The van der Waals surface area contributed by atoms with Gasteiger partial charge in [0, 0.05) is 37.1 Å². The van der Waals surface area contributed by atoms with Gasteiger partial charge in [-0.05, 0) is 43.9 Å². The van der Waals surface area contributed by atoms with Crippen molar-refractivity contribution in [3.8, 4) is 18.1 Å². The van der Waals surface area contributed by atoms with E-state index in [0.717, 1.165) is 18.9 Å². The maximum Gasteiger partial charge on any atom is 0.239 e. The number of thioether (sulfide) groups is 1. The molecule has 3 aliphatic rings. The molecule has 0 unspecified atom stereocenters. The van der Waals surface area contributed by atoms with E-state index in [0.29, 0.717) is 47.6 Å². The number of pyridine rings is 1. The van der Waals surface area contributed by atoms with E-state index in [1.165, 1.54) is 24.3 Å². The third-order valence-corrected chi connectivity index (χ3v) is 9.12. The number of nitrogens with two attached hydrogens (primary N) is 1. The molecule has 3 atom stereocenters. The summed E-state index contributed by atoms with van der Waals surface area (Å²) in [6, 6.07) is 4.46. The summed E-state index contributed by atoms with van der Waals surface area (Å²) in [6.45, 7) is 3.25. The first kappa shape index (κ1) is 25.5. The fraction of sp³-hybridized carbons (Fsp3) is 0.393. The van der Waals surface area contributed by atoms with E-state index in [4.69, 9.17) is 16.9 Å². The molecule has 8 nitrogen and oxygen atoms in total. The zero-order chi connectivity index (χ0) is 27.4. The Morgan fingerprint density at radius 2 is 2.05 bits per heavy atom. The minimum Gasteiger partial charge on any atom is -0.479 e. The van der Waals surface area contributed by atoms with Crippen LogP contribution in [0.25, 0.3) is 11.0 Å². The number of carbonyl (C=O) groups is 1. The summed E-state index contributed by atoms with van der Waals surface area (Å²) >= 11 is 1.25. The first-order valence-electron chi connectivity index (χ1n) is 12.7. The molecule has 200 valence electrons. The van der Waals surface area contributed by atoms with Crippen molar-refractivity contribution in [2.45, 2.75) is 42.9 Å². The summed E-state index contributed by atoms with van der Waals surface area (Å²) < 4.78 is 35.1. The molecule has 0 bridgehead atoms. The number of rotatable bonds is 6. The fourth-order valence-electron chi connectivity index (χ4n) is 5.86. The van der Waals surface area contributed by atoms with Gasteiger partial charge in [-0.15, -0.1) is 6.42 Å². The van der Waals surface area contributed by atoms with Crippen molar-refractivity contribution >= 4 is 33.9 Å². The van der Waals surface area contributed by atoms with Crippen LogP contribution in [0.15, 0.2) is 35.7 Å². The second-order valence-corrected chi connectivity index (χ2v) is 11.7. The van der Waals surface area contributed by atoms with Crippen molar-refractivity contribution in [3.63, 3.8) is 0 Å². The minimum absolute atomic E-state index is 0.0141. The number of aromatic nitrogens is 3. The van der Waals surface area contributed by atoms with E-state index in [2.05, 4.69) is 25.9 Å². The van der Waals surface area contributed by atoms with Gasteiger partial charge in [-0.3, -0.25) is 9.79 Å². The Balaban J connectivity index is 1.35. The molecule has 2 fully saturated rings. The topological polar surface area (TPSA) is 107 Å². The SMILES string of the molecule is C#CCOc1cnc2c(Cc3cc(F)c(F)c([C@@]4(C)N=C(N)S[C@@]5(C(=O)N6CCCC6)C[C@H]54)c3)ncnc2c1. The van der Waals surface area contributed by atoms with E-state index in [1.807, 2.05) is 4.90 Å². The predicted octanol–water partition coefficient (Wildman–Crippen LogP) is 3.56. The van der Waals surface area contributed by atoms with Crippen LogP contribution in [-0.2, 0) is 16.8 Å². The molecule has 3 aromatic rings. The number of hydrogen-bond donors (Lipinski definition) is 1. The van der Waals surface area contributed by atoms with E-state index in [9.17, 15) is 4.79 Å². The maximum absolute atomic E-state index is 15.4. The van der Waals surface area contributed by atoms with Crippen LogP contribution in [0, 0.1) is 29.9 Å². The molecule has 1 amide bonds. The Labute approximate surface area is 228 Å². The standard InChI is InChI=1S/C28H26F2N6O2S/c1-3-8-38-17-12-21-24(32-14-17)20(33-15-34-21)11-16-9-18(23(30)19(29)10-16)27(2)22-13-28(22,39-26(31)35-27)25(37)36-6-4-5-7-36/h1,9-10,12,14-15,22H,4-8,11,13H2,2H3,(H2,31,35)/t22-,27+,28-/m0/s1. The number of hydrogen-bond acceptors (Lipinski definition) is 8. The summed E-state index contributed by atoms with van der Waals surface area (Å²) in [6.07, 6.45) is 10.8. The van der Waals surface area contributed by atoms with Crippen LogP contribution in [-0.4, -0.2) is 55.4 Å². The van der Waals surface area contributed by atoms with Gasteiger partial charge in [0.05, 0.1) is 22.9 Å². The van der Waals surface area contributed by atoms with Gasteiger partial charge in [-0.2, -0.15) is 0 Å². The van der Waals surface area contributed by atoms with Crippen LogP contribution in [0.5, 0.6) is 5.75 Å². The monoisotopic (exact) mass is 548 g/mol. The molecule has 6 rings (SSSR count). The normalized spacial score (nSPS) is 25.6. The van der Waals surface area contributed by atoms with Gasteiger partial charge in [-0.1, -0.05) is 17.7 Å². The quantitative estimate of drug-likeness (QED) is 0.470. The summed E-state index contributed by atoms with van der Waals surface area (Å²) in [5, 5.41) is 0.206. The minimum atomic E-state index is -1.19. The number of carbonyl (C=O) groups excluding carboxylic acids is 1. The molecule has 0 radical (unpaired) electrons. The Bertz CT molecular complexity index is 1570. The number of fused-ring (bicyclic) bond motifs is 2. The van der Waals surface area contributed by atoms with Crippen molar-refractivity contribution in [2.75, 3.05) is 19.7 Å². The van der Waals surface area contributed by atoms with Crippen molar-refractivity contribution in [2.24, 2.45) is 16.6 Å². The highest BCUT2D eigenvalue weighted by Gasteiger charge is 2.71. The Morgan fingerprint density at radius 1 is 1.26 bits per heavy atom. The first-order valence-corrected chi connectivity index (χ1v) is 13.5. The number of aliphatic imine (C=N–C) groups is 1. The van der Waals surface area contributed by atoms with E-state index < -0.39 is 21.9 Å². The van der Waals surface area contributed by atoms with Crippen LogP contribution in [0.4, 0.5) is 8.78 Å². The third-order valence-electron chi connectivity index (χ3n) is 7.83. The van der Waals surface area contributed by atoms with Gasteiger partial charge in [0.2, 0.25) is 5.91 Å². The highest BCUT2D eigenvalue weighted by molar-refractivity contribution is 8.15. The molecule has 2 aromatic heterocycles. The van der Waals surface area contributed by atoms with Crippen molar-refractivity contribution in [1.82, 2.24) is 19.9 Å². The smallest absolute Gasteiger partial charge is 0.239 e. The van der Waals surface area contributed by atoms with Gasteiger partial charge in [0.1, 0.15) is 28.9 Å². The number of halogens is 2. The molecule has 11 heteroatoms. The van der Waals surface area contributed by atoms with Gasteiger partial charge in [-0.25, -0.2) is 23.7 Å². The summed E-state index contributed by atoms with van der Waals surface area (Å²) in [5.41, 5.74) is 7.19. The molecule has 1 aliphatic carbocycles. The molecule has 1 aromatic carbocycles. The summed E-state index contributed by atoms with van der Waals surface area (Å²) in [4.78, 5) is 33.0. The fourth-order valence-corrected chi connectivity index (χ4v) is 7.31. The zero-order valence-electron chi connectivity index (χ0n) is 21.3. The molecule has 39 heavy (non-hydrogen) atoms. The number of benzene rings is 1. The average molecular weight is 549 g/mol. The van der Waals surface area contributed by atoms with Gasteiger partial charge in [0.25, 0.3) is 0 Å². The van der Waals surface area contributed by atoms with E-state index in [-0.39, 0.29) is 35.6 Å². The third kappa shape index (κ3) is 4.27. The van der Waals surface area contributed by atoms with E-state index >= 15 is 8.78 Å². The zero-order valence-corrected chi connectivity index (χ0v) is 22.1. The maximum atomic E-state index is 15.4. The Morgan fingerprint density at radius 3 is 2.82 bits per heavy atom. The molecule has 1 saturated heterocycles. The van der Waals surface area contributed by atoms with Crippen LogP contribution >= 0.6 is 11.8 Å². The number of ether oxygens (including phenoxy) is 1. The molecule has 2 aliphatic heterocycles. The largest absolute Gasteiger partial charge is 0.479 e.